The minimum Gasteiger partial charge on any atom is -0.329 e. The van der Waals surface area contributed by atoms with Gasteiger partial charge in [-0.15, -0.1) is 0 Å². The molecule has 6 heteroatoms. The van der Waals surface area contributed by atoms with Gasteiger partial charge in [0.15, 0.2) is 0 Å². The number of nitrogens with zero attached hydrogens (tertiary/aromatic N) is 3. The van der Waals surface area contributed by atoms with Gasteiger partial charge in [-0.3, -0.25) is 9.59 Å². The molecule has 1 saturated heterocycles. The van der Waals surface area contributed by atoms with Crippen molar-refractivity contribution >= 4 is 23.4 Å². The molecule has 1 aromatic rings. The first kappa shape index (κ1) is 17.8. The van der Waals surface area contributed by atoms with Gasteiger partial charge in [-0.25, -0.2) is 0 Å². The van der Waals surface area contributed by atoms with E-state index < -0.39 is 6.04 Å². The Morgan fingerprint density at radius 1 is 1.26 bits per heavy atom. The lowest BCUT2D eigenvalue weighted by Gasteiger charge is -2.39. The molecular weight excluding hydrogens is 314 g/mol. The first-order chi connectivity index (χ1) is 10.9. The molecule has 1 atom stereocenters. The van der Waals surface area contributed by atoms with Gasteiger partial charge < -0.3 is 14.7 Å². The number of carbonyl (C=O) groups is 2. The Morgan fingerprint density at radius 2 is 1.96 bits per heavy atom. The topological polar surface area (TPSA) is 43.9 Å². The van der Waals surface area contributed by atoms with Crippen molar-refractivity contribution < 1.29 is 9.59 Å². The van der Waals surface area contributed by atoms with Gasteiger partial charge in [0.1, 0.15) is 12.6 Å². The monoisotopic (exact) mass is 337 g/mol. The molecule has 0 saturated carbocycles. The van der Waals surface area contributed by atoms with Crippen LogP contribution in [-0.2, 0) is 16.1 Å². The van der Waals surface area contributed by atoms with E-state index in [9.17, 15) is 9.59 Å². The third kappa shape index (κ3) is 4.45. The van der Waals surface area contributed by atoms with Gasteiger partial charge in [0, 0.05) is 18.1 Å². The molecule has 1 heterocycles. The highest BCUT2D eigenvalue weighted by molar-refractivity contribution is 6.31. The molecule has 0 bridgehead atoms. The summed E-state index contributed by atoms with van der Waals surface area (Å²) in [5.74, 6) is -0.0164. The Hall–Kier alpha value is -1.59. The van der Waals surface area contributed by atoms with Crippen LogP contribution in [0.15, 0.2) is 24.3 Å². The molecule has 1 aromatic carbocycles. The maximum Gasteiger partial charge on any atom is 0.245 e. The second kappa shape index (κ2) is 7.79. The lowest BCUT2D eigenvalue weighted by atomic mass is 10.1. The molecule has 126 valence electrons. The molecule has 23 heavy (non-hydrogen) atoms. The number of rotatable bonds is 6. The summed E-state index contributed by atoms with van der Waals surface area (Å²) in [4.78, 5) is 30.3. The van der Waals surface area contributed by atoms with Crippen molar-refractivity contribution in [2.45, 2.75) is 25.9 Å². The largest absolute Gasteiger partial charge is 0.329 e. The molecule has 0 unspecified atom stereocenters. The number of amides is 2. The molecule has 2 amide bonds. The van der Waals surface area contributed by atoms with Crippen molar-refractivity contribution in [2.75, 3.05) is 33.7 Å². The number of benzene rings is 1. The predicted molar refractivity (Wildman–Crippen MR) is 91.2 cm³/mol. The van der Waals surface area contributed by atoms with E-state index in [2.05, 4.69) is 4.90 Å². The van der Waals surface area contributed by atoms with Gasteiger partial charge in [0.05, 0.1) is 0 Å². The summed E-state index contributed by atoms with van der Waals surface area (Å²) in [5, 5.41) is 0.619. The Bertz CT molecular complexity index is 577. The standard InChI is InChI=1S/C17H24ClN3O2/c1-13-17(23)20(11-14-7-4-5-8-15(14)18)12-16(22)21(13)10-6-9-19(2)3/h4-5,7-8,13H,6,9-12H2,1-3H3/t13-/m0/s1. The fourth-order valence-electron chi connectivity index (χ4n) is 2.79. The zero-order valence-electron chi connectivity index (χ0n) is 14.0. The number of halogens is 1. The van der Waals surface area contributed by atoms with E-state index in [-0.39, 0.29) is 18.4 Å². The number of hydrogen-bond acceptors (Lipinski definition) is 3. The fourth-order valence-corrected chi connectivity index (χ4v) is 2.98. The van der Waals surface area contributed by atoms with E-state index in [4.69, 9.17) is 11.6 Å². The summed E-state index contributed by atoms with van der Waals surface area (Å²) >= 11 is 6.15. The highest BCUT2D eigenvalue weighted by Crippen LogP contribution is 2.20. The van der Waals surface area contributed by atoms with Crippen LogP contribution in [0.5, 0.6) is 0 Å². The van der Waals surface area contributed by atoms with Gasteiger partial charge in [0.25, 0.3) is 0 Å². The second-order valence-corrected chi connectivity index (χ2v) is 6.61. The number of carbonyl (C=O) groups excluding carboxylic acids is 2. The molecular formula is C17H24ClN3O2. The van der Waals surface area contributed by atoms with Crippen LogP contribution >= 0.6 is 11.6 Å². The average molecular weight is 338 g/mol. The van der Waals surface area contributed by atoms with E-state index in [0.717, 1.165) is 18.5 Å². The second-order valence-electron chi connectivity index (χ2n) is 6.21. The summed E-state index contributed by atoms with van der Waals surface area (Å²) < 4.78 is 0. The summed E-state index contributed by atoms with van der Waals surface area (Å²) in [6, 6.07) is 7.00. The van der Waals surface area contributed by atoms with Crippen molar-refractivity contribution in [3.63, 3.8) is 0 Å². The quantitative estimate of drug-likeness (QED) is 0.795. The third-order valence-corrected chi connectivity index (χ3v) is 4.48. The van der Waals surface area contributed by atoms with E-state index >= 15 is 0 Å². The van der Waals surface area contributed by atoms with Crippen molar-refractivity contribution in [3.05, 3.63) is 34.9 Å². The summed E-state index contributed by atoms with van der Waals surface area (Å²) in [5.41, 5.74) is 0.864. The highest BCUT2D eigenvalue weighted by atomic mass is 35.5. The van der Waals surface area contributed by atoms with Gasteiger partial charge in [-0.2, -0.15) is 0 Å². The third-order valence-electron chi connectivity index (χ3n) is 4.11. The summed E-state index contributed by atoms with van der Waals surface area (Å²) in [6.45, 7) is 3.81. The van der Waals surface area contributed by atoms with Crippen LogP contribution < -0.4 is 0 Å². The van der Waals surface area contributed by atoms with E-state index in [1.807, 2.05) is 32.3 Å². The average Bonchev–Trinajstić information content (AvgIpc) is 2.50. The van der Waals surface area contributed by atoms with Crippen molar-refractivity contribution in [2.24, 2.45) is 0 Å². The lowest BCUT2D eigenvalue weighted by Crippen LogP contribution is -2.58. The molecule has 1 fully saturated rings. The maximum absolute atomic E-state index is 12.6. The number of piperazine rings is 1. The molecule has 2 rings (SSSR count). The molecule has 0 radical (unpaired) electrons. The van der Waals surface area contributed by atoms with Gasteiger partial charge in [-0.1, -0.05) is 29.8 Å². The van der Waals surface area contributed by atoms with Crippen LogP contribution in [0.1, 0.15) is 18.9 Å². The molecule has 1 aliphatic heterocycles. The first-order valence-electron chi connectivity index (χ1n) is 7.86. The number of hydrogen-bond donors (Lipinski definition) is 0. The minimum atomic E-state index is -0.416. The predicted octanol–water partition coefficient (Wildman–Crippen LogP) is 1.85. The zero-order chi connectivity index (χ0) is 17.0. The molecule has 0 aromatic heterocycles. The van der Waals surface area contributed by atoms with Crippen molar-refractivity contribution in [1.29, 1.82) is 0 Å². The van der Waals surface area contributed by atoms with Crippen molar-refractivity contribution in [1.82, 2.24) is 14.7 Å². The molecule has 5 nitrogen and oxygen atoms in total. The molecule has 0 aliphatic carbocycles. The van der Waals surface area contributed by atoms with Crippen molar-refractivity contribution in [3.8, 4) is 0 Å². The Labute approximate surface area is 142 Å². The SMILES string of the molecule is C[C@H]1C(=O)N(Cc2ccccc2Cl)CC(=O)N1CCCN(C)C. The maximum atomic E-state index is 12.6. The van der Waals surface area contributed by atoms with Crippen LogP contribution in [0.3, 0.4) is 0 Å². The fraction of sp³-hybridized carbons (Fsp3) is 0.529. The molecule has 1 aliphatic rings. The smallest absolute Gasteiger partial charge is 0.245 e. The van der Waals surface area contributed by atoms with E-state index in [1.165, 1.54) is 0 Å². The summed E-state index contributed by atoms with van der Waals surface area (Å²) in [6.07, 6.45) is 0.862. The molecule has 0 spiro atoms. The van der Waals surface area contributed by atoms with E-state index in [1.54, 1.807) is 22.8 Å². The van der Waals surface area contributed by atoms with Gasteiger partial charge in [0.2, 0.25) is 11.8 Å². The summed E-state index contributed by atoms with van der Waals surface area (Å²) in [7, 11) is 4.00. The van der Waals surface area contributed by atoms with Crippen LogP contribution in [0, 0.1) is 0 Å². The Morgan fingerprint density at radius 3 is 2.61 bits per heavy atom. The Balaban J connectivity index is 2.01. The van der Waals surface area contributed by atoms with Gasteiger partial charge >= 0.3 is 0 Å². The minimum absolute atomic E-state index is 0.00269. The Kier molecular flexibility index (Phi) is 6.02. The molecule has 0 N–H and O–H groups in total. The van der Waals surface area contributed by atoms with Crippen LogP contribution in [-0.4, -0.2) is 66.3 Å². The highest BCUT2D eigenvalue weighted by Gasteiger charge is 2.36. The lowest BCUT2D eigenvalue weighted by molar-refractivity contribution is -0.155. The van der Waals surface area contributed by atoms with Crippen LogP contribution in [0.2, 0.25) is 5.02 Å². The first-order valence-corrected chi connectivity index (χ1v) is 8.24. The zero-order valence-corrected chi connectivity index (χ0v) is 14.7. The van der Waals surface area contributed by atoms with Crippen LogP contribution in [0.4, 0.5) is 0 Å². The van der Waals surface area contributed by atoms with Gasteiger partial charge in [-0.05, 0) is 45.6 Å². The normalized spacial score (nSPS) is 18.9. The van der Waals surface area contributed by atoms with E-state index in [0.29, 0.717) is 18.1 Å². The van der Waals surface area contributed by atoms with Crippen LogP contribution in [0.25, 0.3) is 0 Å².